The number of aromatic hydroxyl groups is 1. The summed E-state index contributed by atoms with van der Waals surface area (Å²) in [7, 11) is 1.57. The fraction of sp³-hybridized carbons (Fsp3) is 0.300. The fourth-order valence-electron chi connectivity index (χ4n) is 5.10. The van der Waals surface area contributed by atoms with Gasteiger partial charge in [0.25, 0.3) is 0 Å². The number of imidazole rings is 1. The number of aromatic nitrogens is 2. The maximum absolute atomic E-state index is 15.1. The lowest BCUT2D eigenvalue weighted by atomic mass is 9.96. The van der Waals surface area contributed by atoms with Crippen LogP contribution in [0, 0.1) is 11.6 Å². The lowest BCUT2D eigenvalue weighted by molar-refractivity contribution is 0.128. The summed E-state index contributed by atoms with van der Waals surface area (Å²) in [4.78, 5) is 16.9. The summed E-state index contributed by atoms with van der Waals surface area (Å²) < 4.78 is 32.5. The van der Waals surface area contributed by atoms with E-state index in [0.717, 1.165) is 31.9 Å². The van der Waals surface area contributed by atoms with E-state index in [-0.39, 0.29) is 33.7 Å². The molecule has 1 aliphatic heterocycles. The van der Waals surface area contributed by atoms with Gasteiger partial charge in [0, 0.05) is 73.0 Å². The van der Waals surface area contributed by atoms with Crippen molar-refractivity contribution in [3.8, 4) is 33.7 Å². The van der Waals surface area contributed by atoms with Gasteiger partial charge >= 0.3 is 5.69 Å². The first-order valence-corrected chi connectivity index (χ1v) is 13.2. The zero-order chi connectivity index (χ0) is 28.1. The van der Waals surface area contributed by atoms with Gasteiger partial charge in [-0.3, -0.25) is 9.47 Å². The maximum atomic E-state index is 15.1. The van der Waals surface area contributed by atoms with Crippen molar-refractivity contribution < 1.29 is 13.9 Å². The Kier molecular flexibility index (Phi) is 7.03. The van der Waals surface area contributed by atoms with Gasteiger partial charge in [0.15, 0.2) is 0 Å². The van der Waals surface area contributed by atoms with Crippen LogP contribution in [-0.4, -0.2) is 50.9 Å². The zero-order valence-electron chi connectivity index (χ0n) is 22.4. The molecule has 3 aromatic carbocycles. The van der Waals surface area contributed by atoms with Crippen LogP contribution in [0.25, 0.3) is 27.9 Å². The van der Waals surface area contributed by atoms with Crippen LogP contribution in [0.1, 0.15) is 20.8 Å². The monoisotopic (exact) mass is 552 g/mol. The molecule has 4 aromatic rings. The van der Waals surface area contributed by atoms with Crippen molar-refractivity contribution in [1.29, 1.82) is 0 Å². The predicted molar refractivity (Wildman–Crippen MR) is 152 cm³/mol. The van der Waals surface area contributed by atoms with Crippen LogP contribution < -0.4 is 10.6 Å². The Labute approximate surface area is 231 Å². The molecule has 0 aliphatic carbocycles. The highest BCUT2D eigenvalue weighted by Gasteiger charge is 2.26. The molecule has 9 heteroatoms. The number of hydrogen-bond donors (Lipinski definition) is 1. The van der Waals surface area contributed by atoms with Crippen molar-refractivity contribution in [1.82, 2.24) is 14.0 Å². The molecule has 0 atom stereocenters. The topological polar surface area (TPSA) is 53.6 Å². The second-order valence-electron chi connectivity index (χ2n) is 10.9. The van der Waals surface area contributed by atoms with Crippen LogP contribution in [0.5, 0.6) is 5.75 Å². The number of phenolic OH excluding ortho intramolecular Hbond substituents is 1. The summed E-state index contributed by atoms with van der Waals surface area (Å²) in [6.07, 6.45) is 3.00. The second kappa shape index (κ2) is 10.2. The molecule has 0 radical (unpaired) electrons. The van der Waals surface area contributed by atoms with E-state index in [9.17, 15) is 14.3 Å². The van der Waals surface area contributed by atoms with Gasteiger partial charge in [0.2, 0.25) is 0 Å². The highest BCUT2D eigenvalue weighted by molar-refractivity contribution is 6.31. The van der Waals surface area contributed by atoms with Crippen molar-refractivity contribution in [2.75, 3.05) is 31.1 Å². The van der Waals surface area contributed by atoms with E-state index >= 15 is 4.39 Å². The third kappa shape index (κ3) is 5.31. The highest BCUT2D eigenvalue weighted by Crippen LogP contribution is 2.41. The molecule has 1 aromatic heterocycles. The molecule has 6 nitrogen and oxygen atoms in total. The van der Waals surface area contributed by atoms with Crippen molar-refractivity contribution in [2.45, 2.75) is 26.3 Å². The molecule has 0 amide bonds. The van der Waals surface area contributed by atoms with Gasteiger partial charge in [-0.1, -0.05) is 17.7 Å². The number of anilines is 1. The SMILES string of the molecule is Cn1ccn(-c2ccc(-c3cc(F)cc(-c4cc(Cl)cc(N5CCN(C(C)(C)C)CC5)c4)c3O)cc2F)c1=O. The highest BCUT2D eigenvalue weighted by atomic mass is 35.5. The third-order valence-electron chi connectivity index (χ3n) is 7.33. The van der Waals surface area contributed by atoms with Crippen LogP contribution in [0.15, 0.2) is 65.7 Å². The van der Waals surface area contributed by atoms with E-state index in [1.807, 2.05) is 12.1 Å². The van der Waals surface area contributed by atoms with Gasteiger partial charge in [-0.15, -0.1) is 0 Å². The third-order valence-corrected chi connectivity index (χ3v) is 7.55. The smallest absolute Gasteiger partial charge is 0.332 e. The van der Waals surface area contributed by atoms with Crippen LogP contribution >= 0.6 is 11.6 Å². The average Bonchev–Trinajstić information content (AvgIpc) is 3.22. The quantitative estimate of drug-likeness (QED) is 0.334. The van der Waals surface area contributed by atoms with Crippen molar-refractivity contribution in [2.24, 2.45) is 7.05 Å². The Bertz CT molecular complexity index is 1600. The lowest BCUT2D eigenvalue weighted by Gasteiger charge is -2.43. The van der Waals surface area contributed by atoms with Crippen LogP contribution in [0.4, 0.5) is 14.5 Å². The first kappa shape index (κ1) is 27.0. The molecule has 0 unspecified atom stereocenters. The number of aryl methyl sites for hydroxylation is 1. The summed E-state index contributed by atoms with van der Waals surface area (Å²) in [5, 5.41) is 11.7. The molecule has 1 saturated heterocycles. The Balaban J connectivity index is 1.50. The normalized spacial score (nSPS) is 14.7. The van der Waals surface area contributed by atoms with Crippen molar-refractivity contribution in [3.05, 3.63) is 88.1 Å². The molecule has 1 aliphatic rings. The number of halogens is 3. The summed E-state index contributed by atoms with van der Waals surface area (Å²) in [5.41, 5.74) is 1.87. The fourth-order valence-corrected chi connectivity index (χ4v) is 5.33. The molecule has 0 bridgehead atoms. The number of hydrogen-bond acceptors (Lipinski definition) is 4. The standard InChI is InChI=1S/C30H31ClF2N4O2/c1-30(2,3)36-10-8-35(9-11-36)23-14-20(13-21(31)16-23)25-18-22(32)17-24(28(25)38)19-5-6-27(26(33)15-19)37-12-7-34(4)29(37)39/h5-7,12-18,38H,8-11H2,1-4H3. The number of rotatable bonds is 4. The molecular formula is C30H31ClF2N4O2. The zero-order valence-corrected chi connectivity index (χ0v) is 23.1. The van der Waals surface area contributed by atoms with Gasteiger partial charge in [-0.05, 0) is 74.4 Å². The van der Waals surface area contributed by atoms with Gasteiger partial charge in [-0.2, -0.15) is 0 Å². The molecular weight excluding hydrogens is 522 g/mol. The first-order chi connectivity index (χ1) is 18.4. The number of nitrogens with zero attached hydrogens (tertiary/aromatic N) is 4. The van der Waals surface area contributed by atoms with E-state index in [1.54, 1.807) is 19.2 Å². The first-order valence-electron chi connectivity index (χ1n) is 12.8. The van der Waals surface area contributed by atoms with E-state index in [2.05, 4.69) is 30.6 Å². The van der Waals surface area contributed by atoms with Gasteiger partial charge in [-0.25, -0.2) is 13.6 Å². The predicted octanol–water partition coefficient (Wildman–Crippen LogP) is 6.07. The average molecular weight is 553 g/mol. The van der Waals surface area contributed by atoms with E-state index in [1.165, 1.54) is 45.8 Å². The van der Waals surface area contributed by atoms with Crippen LogP contribution in [0.2, 0.25) is 5.02 Å². The van der Waals surface area contributed by atoms with Crippen LogP contribution in [-0.2, 0) is 7.05 Å². The largest absolute Gasteiger partial charge is 0.507 e. The molecule has 0 saturated carbocycles. The van der Waals surface area contributed by atoms with Crippen molar-refractivity contribution in [3.63, 3.8) is 0 Å². The minimum absolute atomic E-state index is 0.0616. The number of benzene rings is 3. The molecule has 1 fully saturated rings. The maximum Gasteiger partial charge on any atom is 0.332 e. The molecule has 0 spiro atoms. The molecule has 39 heavy (non-hydrogen) atoms. The Morgan fingerprint density at radius 1 is 0.872 bits per heavy atom. The van der Waals surface area contributed by atoms with Gasteiger partial charge in [0.1, 0.15) is 17.4 Å². The minimum atomic E-state index is -0.676. The lowest BCUT2D eigenvalue weighted by Crippen LogP contribution is -2.53. The van der Waals surface area contributed by atoms with Gasteiger partial charge < -0.3 is 14.6 Å². The van der Waals surface area contributed by atoms with Crippen molar-refractivity contribution >= 4 is 17.3 Å². The molecule has 5 rings (SSSR count). The number of phenols is 1. The summed E-state index contributed by atoms with van der Waals surface area (Å²) in [5.74, 6) is -1.45. The molecule has 2 heterocycles. The van der Waals surface area contributed by atoms with Crippen LogP contribution in [0.3, 0.4) is 0 Å². The van der Waals surface area contributed by atoms with E-state index < -0.39 is 17.3 Å². The Hall–Kier alpha value is -3.62. The van der Waals surface area contributed by atoms with Gasteiger partial charge in [0.05, 0.1) is 5.69 Å². The van der Waals surface area contributed by atoms with E-state index in [4.69, 9.17) is 11.6 Å². The number of piperazine rings is 1. The minimum Gasteiger partial charge on any atom is -0.507 e. The summed E-state index contributed by atoms with van der Waals surface area (Å²) >= 11 is 6.49. The summed E-state index contributed by atoms with van der Waals surface area (Å²) in [6, 6.07) is 12.0. The van der Waals surface area contributed by atoms with E-state index in [0.29, 0.717) is 10.6 Å². The molecule has 1 N–H and O–H groups in total. The summed E-state index contributed by atoms with van der Waals surface area (Å²) in [6.45, 7) is 10.0. The molecule has 204 valence electrons. The Morgan fingerprint density at radius 3 is 2.13 bits per heavy atom. The second-order valence-corrected chi connectivity index (χ2v) is 11.4. The Morgan fingerprint density at radius 2 is 1.54 bits per heavy atom.